The molecule has 20 nitrogen and oxygen atoms in total. The van der Waals surface area contributed by atoms with Crippen LogP contribution in [0.4, 0.5) is 0 Å². The fraction of sp³-hybridized carbons (Fsp3) is 0.613. The van der Waals surface area contributed by atoms with E-state index in [9.17, 15) is 76.3 Å². The largest absolute Gasteiger partial charge is 0.508 e. The van der Waals surface area contributed by atoms with Crippen molar-refractivity contribution in [1.82, 2.24) is 0 Å². The molecule has 14 N–H and O–H groups in total. The smallest absolute Gasteiger partial charge is 0.342 e. The van der Waals surface area contributed by atoms with Crippen molar-refractivity contribution in [3.63, 3.8) is 0 Å². The maximum atomic E-state index is 14.4. The van der Waals surface area contributed by atoms with Crippen molar-refractivity contribution in [3.8, 4) is 57.5 Å². The summed E-state index contributed by atoms with van der Waals surface area (Å²) in [5, 5.41) is 155. The lowest BCUT2D eigenvalue weighted by Crippen LogP contribution is -2.74. The SMILES string of the molecule is C=C(C)[C@@H]1CCC(C)=C[C@H]1c1c(O)cc(CCCCC)c(C(=O)OC2(C)CCC3=C(c4c(O)cc(CCCCC)cc4OC3(C)C)C2O)c1O.CCCCCc1cc(O)c2c(c1)OC(C)(C)C1(O)C(O)CC(C)=CC21O.CCCCCc1cc(O)c2c(c1)OC(C)(C)C1=C2CC(C)(O)C(O)C1.CCCCCc1cc(O)c2c(c1)OC(C)(C)[C@@H]1CC[C@](C)(O)[C@@H](O)[C@@H]21. The van der Waals surface area contributed by atoms with E-state index in [-0.39, 0.29) is 75.7 Å². The van der Waals surface area contributed by atoms with E-state index in [0.717, 1.165) is 191 Å². The Bertz CT molecular complexity index is 4930. The highest BCUT2D eigenvalue weighted by atomic mass is 16.6. The van der Waals surface area contributed by atoms with Gasteiger partial charge >= 0.3 is 5.97 Å². The van der Waals surface area contributed by atoms with Gasteiger partial charge in [0.1, 0.15) is 97.2 Å². The van der Waals surface area contributed by atoms with Gasteiger partial charge in [0, 0.05) is 47.3 Å². The van der Waals surface area contributed by atoms with Crippen molar-refractivity contribution < 1.29 is 100.0 Å². The zero-order valence-corrected chi connectivity index (χ0v) is 78.9. The van der Waals surface area contributed by atoms with E-state index in [4.69, 9.17) is 23.7 Å². The monoisotopic (exact) mass is 1740 g/mol. The number of hydrogen-bond donors (Lipinski definition) is 14. The molecule has 1 fully saturated rings. The summed E-state index contributed by atoms with van der Waals surface area (Å²) in [7, 11) is 0. The summed E-state index contributed by atoms with van der Waals surface area (Å²) in [6.45, 7) is 41.1. The summed E-state index contributed by atoms with van der Waals surface area (Å²) in [6.07, 6.45) is 23.9. The Morgan fingerprint density at radius 3 is 1.55 bits per heavy atom. The maximum absolute atomic E-state index is 14.4. The van der Waals surface area contributed by atoms with Crippen molar-refractivity contribution in [2.24, 2.45) is 11.8 Å². The molecule has 5 aromatic carbocycles. The summed E-state index contributed by atoms with van der Waals surface area (Å²) in [6, 6.07) is 16.4. The summed E-state index contributed by atoms with van der Waals surface area (Å²) in [4.78, 5) is 14.4. The second-order valence-electron chi connectivity index (χ2n) is 41.0. The number of aliphatic hydroxyl groups is 8. The summed E-state index contributed by atoms with van der Waals surface area (Å²) in [5.74, 6) is 0.844. The first kappa shape index (κ1) is 98.5. The molecule has 0 radical (unpaired) electrons. The molecule has 0 aromatic heterocycles. The predicted molar refractivity (Wildman–Crippen MR) is 495 cm³/mol. The predicted octanol–water partition coefficient (Wildman–Crippen LogP) is 20.8. The molecule has 0 saturated heterocycles. The number of carbonyl (C=O) groups excluding carboxylic acids is 1. The van der Waals surface area contributed by atoms with E-state index < -0.39 is 80.8 Å². The molecule has 1 saturated carbocycles. The van der Waals surface area contributed by atoms with Crippen molar-refractivity contribution in [3.05, 3.63) is 162 Å². The van der Waals surface area contributed by atoms with Gasteiger partial charge in [-0.2, -0.15) is 0 Å². The number of carbonyl (C=O) groups is 1. The molecule has 694 valence electrons. The van der Waals surface area contributed by atoms with E-state index >= 15 is 0 Å². The Morgan fingerprint density at radius 1 is 0.508 bits per heavy atom. The Kier molecular flexibility index (Phi) is 30.2. The number of ether oxygens (including phenoxy) is 5. The number of unbranched alkanes of at least 4 members (excludes halogenated alkanes) is 10. The molecule has 13 atom stereocenters. The van der Waals surface area contributed by atoms with E-state index in [0.29, 0.717) is 94.9 Å². The average Bonchev–Trinajstić information content (AvgIpc) is 0.682. The lowest BCUT2D eigenvalue weighted by atomic mass is 9.60. The minimum Gasteiger partial charge on any atom is -0.508 e. The molecule has 0 amide bonds. The summed E-state index contributed by atoms with van der Waals surface area (Å²) in [5.41, 5.74) is 2.31. The van der Waals surface area contributed by atoms with Crippen LogP contribution in [-0.4, -0.2) is 147 Å². The number of phenolic OH excluding ortho intramolecular Hbond substituents is 6. The lowest BCUT2D eigenvalue weighted by Gasteiger charge is -2.58. The highest BCUT2D eigenvalue weighted by molar-refractivity contribution is 5.96. The number of fused-ring (bicyclic) bond motifs is 10. The first-order valence-corrected chi connectivity index (χ1v) is 47.1. The van der Waals surface area contributed by atoms with Crippen LogP contribution in [0.15, 0.2) is 101 Å². The van der Waals surface area contributed by atoms with Crippen molar-refractivity contribution in [2.75, 3.05) is 0 Å². The molecule has 5 aromatic rings. The van der Waals surface area contributed by atoms with Crippen molar-refractivity contribution in [2.45, 2.75) is 404 Å². The Labute approximate surface area is 749 Å². The molecule has 126 heavy (non-hydrogen) atoms. The second-order valence-corrected chi connectivity index (χ2v) is 41.0. The minimum atomic E-state index is -1.98. The van der Waals surface area contributed by atoms with E-state index in [1.807, 2.05) is 91.8 Å². The van der Waals surface area contributed by atoms with Gasteiger partial charge in [-0.25, -0.2) is 4.79 Å². The minimum absolute atomic E-state index is 0.00913. The van der Waals surface area contributed by atoms with Gasteiger partial charge in [0.05, 0.1) is 46.2 Å². The molecule has 0 bridgehead atoms. The number of benzene rings is 5. The molecule has 4 heterocycles. The Balaban J connectivity index is 0.000000173. The number of aliphatic hydroxyl groups excluding tert-OH is 4. The van der Waals surface area contributed by atoms with Crippen LogP contribution in [0.2, 0.25) is 0 Å². The van der Waals surface area contributed by atoms with Gasteiger partial charge in [0.15, 0.2) is 11.2 Å². The number of allylic oxidation sites excluding steroid dienone is 3. The van der Waals surface area contributed by atoms with Gasteiger partial charge in [-0.05, 0) is 317 Å². The highest BCUT2D eigenvalue weighted by Gasteiger charge is 2.69. The molecular formula is C106H150O20. The third-order valence-electron chi connectivity index (χ3n) is 29.1. The topological polar surface area (TPSA) is 346 Å². The fourth-order valence-corrected chi connectivity index (χ4v) is 21.7. The number of aryl methyl sites for hydroxylation is 5. The maximum Gasteiger partial charge on any atom is 0.342 e. The fourth-order valence-electron chi connectivity index (χ4n) is 21.7. The van der Waals surface area contributed by atoms with Crippen LogP contribution in [0.25, 0.3) is 11.1 Å². The third kappa shape index (κ3) is 19.7. The van der Waals surface area contributed by atoms with E-state index in [1.165, 1.54) is 6.42 Å². The van der Waals surface area contributed by atoms with Crippen LogP contribution in [-0.2, 0) is 42.4 Å². The van der Waals surface area contributed by atoms with Gasteiger partial charge in [-0.1, -0.05) is 128 Å². The molecule has 14 rings (SSSR count). The standard InChI is InChI=1S/C43H58O7.C21H30O5.C21H30O4.C21H32O4/c1-9-11-13-15-27-22-32(44)38-34(23-27)49-42(6,7)31-19-20-43(8,40(47)37(31)38)50-41(48)35-28(16-14-12-10-2)24-33(45)36(39(35)46)30-21-26(5)17-18-29(30)25(3)4;1-5-6-7-8-14-10-15(22)18-16(11-14)26-19(3,4)21(25)17(23)9-13(2)12-20(18,21)24;1-5-6-7-8-13-9-16(22)19-14-12-21(4,24)18(23)11-15(14)20(2,3)25-17(19)10-13;1-5-6-7-8-13-11-15(22)18-16(12-13)25-20(2,3)14-9-10-21(4,24)19(23)17(14)18/h21-24,29-30,40,44-47H,3,9-20H2,1-2,4-8H3;10-12,17,22-25H,5-9H2,1-4H3;9-10,18,22-24H,5-8,11-12H2,1-4H3;11-12,14,17,19,22-24H,5-10H2,1-4H3/t29-,30+,40?,43?;;;14-,17-,19+,21+/m0..1/s1. The Hall–Kier alpha value is -8.05. The number of hydrogen-bond acceptors (Lipinski definition) is 20. The van der Waals surface area contributed by atoms with E-state index in [1.54, 1.807) is 65.8 Å². The van der Waals surface area contributed by atoms with Gasteiger partial charge < -0.3 is 95.2 Å². The van der Waals surface area contributed by atoms with Gasteiger partial charge in [-0.15, -0.1) is 0 Å². The number of aromatic hydroxyl groups is 6. The van der Waals surface area contributed by atoms with Crippen LogP contribution in [0.3, 0.4) is 0 Å². The van der Waals surface area contributed by atoms with Gasteiger partial charge in [-0.3, -0.25) is 0 Å². The van der Waals surface area contributed by atoms with Crippen molar-refractivity contribution in [1.29, 1.82) is 0 Å². The normalized spacial score (nSPS) is 28.3. The highest BCUT2D eigenvalue weighted by Crippen LogP contribution is 2.62. The number of phenols is 6. The van der Waals surface area contributed by atoms with Gasteiger partial charge in [0.2, 0.25) is 0 Å². The van der Waals surface area contributed by atoms with Gasteiger partial charge in [0.25, 0.3) is 0 Å². The van der Waals surface area contributed by atoms with Crippen LogP contribution >= 0.6 is 0 Å². The number of esters is 1. The molecule has 4 aliphatic heterocycles. The summed E-state index contributed by atoms with van der Waals surface area (Å²) < 4.78 is 31.3. The Morgan fingerprint density at radius 2 is 1.00 bits per heavy atom. The second kappa shape index (κ2) is 38.6. The van der Waals surface area contributed by atoms with Crippen LogP contribution < -0.4 is 18.9 Å². The zero-order valence-electron chi connectivity index (χ0n) is 78.9. The first-order valence-electron chi connectivity index (χ1n) is 47.1. The van der Waals surface area contributed by atoms with Crippen LogP contribution in [0.5, 0.6) is 57.5 Å². The third-order valence-corrected chi connectivity index (χ3v) is 29.1. The average molecular weight is 1740 g/mol. The van der Waals surface area contributed by atoms with Crippen molar-refractivity contribution >= 4 is 17.1 Å². The molecule has 7 unspecified atom stereocenters. The lowest BCUT2D eigenvalue weighted by molar-refractivity contribution is -0.272. The molecule has 0 spiro atoms. The molecular weight excluding hydrogens is 1590 g/mol. The quantitative estimate of drug-likeness (QED) is 0.0155. The summed E-state index contributed by atoms with van der Waals surface area (Å²) >= 11 is 0. The first-order chi connectivity index (χ1) is 59.0. The molecule has 9 aliphatic rings. The van der Waals surface area contributed by atoms with Crippen LogP contribution in [0.1, 0.15) is 363 Å². The zero-order chi connectivity index (χ0) is 92.7. The van der Waals surface area contributed by atoms with Crippen LogP contribution in [0, 0.1) is 11.8 Å². The number of rotatable bonds is 24. The van der Waals surface area contributed by atoms with E-state index in [2.05, 4.69) is 47.3 Å². The molecule has 20 heteroatoms. The molecule has 5 aliphatic carbocycles.